The molecule has 0 radical (unpaired) electrons. The number of halogens is 3. The maximum Gasteiger partial charge on any atom is 0.572 e. The lowest BCUT2D eigenvalue weighted by atomic mass is 9.90. The summed E-state index contributed by atoms with van der Waals surface area (Å²) < 4.78 is 40.0. The zero-order chi connectivity index (χ0) is 11.8. The molecule has 0 saturated carbocycles. The summed E-state index contributed by atoms with van der Waals surface area (Å²) in [5, 5.41) is 0. The number of alkyl halides is 3. The van der Waals surface area contributed by atoms with Gasteiger partial charge in [-0.3, -0.25) is 4.79 Å². The molecule has 2 rings (SSSR count). The van der Waals surface area contributed by atoms with Crippen LogP contribution < -0.4 is 0 Å². The van der Waals surface area contributed by atoms with Gasteiger partial charge in [-0.15, -0.1) is 13.2 Å². The third kappa shape index (κ3) is 2.05. The number of fused-ring (bicyclic) bond motifs is 1. The molecule has 0 aromatic rings. The summed E-state index contributed by atoms with van der Waals surface area (Å²) in [5.41, 5.74) is 0.446. The summed E-state index contributed by atoms with van der Waals surface area (Å²) >= 11 is 0. The minimum Gasteiger partial charge on any atom is -0.409 e. The van der Waals surface area contributed by atoms with E-state index < -0.39 is 23.9 Å². The zero-order valence-electron chi connectivity index (χ0n) is 7.86. The lowest BCUT2D eigenvalue weighted by molar-refractivity contribution is -0.307. The average molecular weight is 229 g/mol. The second-order valence-electron chi connectivity index (χ2n) is 3.19. The Hall–Kier alpha value is -1.85. The maximum atomic E-state index is 12.1. The van der Waals surface area contributed by atoms with Crippen molar-refractivity contribution in [3.8, 4) is 0 Å². The monoisotopic (exact) mass is 229 g/mol. The summed E-state index contributed by atoms with van der Waals surface area (Å²) in [6.07, 6.45) is 2.01. The molecule has 1 heterocycles. The molecule has 16 heavy (non-hydrogen) atoms. The van der Waals surface area contributed by atoms with Crippen LogP contribution in [0.25, 0.3) is 0 Å². The van der Waals surface area contributed by atoms with Gasteiger partial charge < -0.3 is 4.74 Å². The number of ether oxygens (including phenoxy) is 1. The van der Waals surface area contributed by atoms with E-state index in [1.165, 1.54) is 18.4 Å². The van der Waals surface area contributed by atoms with Gasteiger partial charge in [-0.25, -0.2) is 4.99 Å². The first-order valence-corrected chi connectivity index (χ1v) is 4.39. The molecule has 1 aliphatic heterocycles. The Morgan fingerprint density at radius 2 is 2.06 bits per heavy atom. The van der Waals surface area contributed by atoms with Crippen molar-refractivity contribution >= 4 is 12.1 Å². The van der Waals surface area contributed by atoms with Crippen LogP contribution in [0.4, 0.5) is 13.2 Å². The Labute approximate surface area is 88.6 Å². The van der Waals surface area contributed by atoms with Crippen LogP contribution >= 0.6 is 0 Å². The van der Waals surface area contributed by atoms with Crippen LogP contribution in [0.5, 0.6) is 0 Å². The lowest BCUT2D eigenvalue weighted by Gasteiger charge is -2.23. The molecule has 2 aliphatic rings. The van der Waals surface area contributed by atoms with Crippen LogP contribution in [-0.2, 0) is 9.53 Å². The number of carbonyl (C=O) groups excluding carboxylic acids is 1. The van der Waals surface area contributed by atoms with Crippen molar-refractivity contribution in [2.24, 2.45) is 10.9 Å². The number of carbonyl (C=O) groups is 1. The fourth-order valence-electron chi connectivity index (χ4n) is 1.52. The average Bonchev–Trinajstić information content (AvgIpc) is 2.15. The van der Waals surface area contributed by atoms with Gasteiger partial charge in [0.15, 0.2) is 0 Å². The largest absolute Gasteiger partial charge is 0.572 e. The van der Waals surface area contributed by atoms with E-state index in [0.29, 0.717) is 5.57 Å². The highest BCUT2D eigenvalue weighted by Crippen LogP contribution is 2.33. The molecule has 1 amide bonds. The lowest BCUT2D eigenvalue weighted by Crippen LogP contribution is -2.26. The molecule has 1 unspecified atom stereocenters. The first-order chi connectivity index (χ1) is 7.47. The van der Waals surface area contributed by atoms with Gasteiger partial charge in [0.1, 0.15) is 11.7 Å². The number of rotatable bonds is 1. The number of amides is 1. The van der Waals surface area contributed by atoms with Crippen molar-refractivity contribution in [1.82, 2.24) is 0 Å². The van der Waals surface area contributed by atoms with Gasteiger partial charge in [0.25, 0.3) is 5.91 Å². The molecule has 1 aliphatic carbocycles. The summed E-state index contributed by atoms with van der Waals surface area (Å²) in [5.74, 6) is -2.17. The highest BCUT2D eigenvalue weighted by Gasteiger charge is 2.38. The standard InChI is InChI=1S/C10H6F3NO2/c11-10(12,13)16-7-3-1-2-6-4-5-14-9(15)8(6)7/h1-5,8H. The van der Waals surface area contributed by atoms with Crippen LogP contribution in [0, 0.1) is 5.92 Å². The fourth-order valence-corrected chi connectivity index (χ4v) is 1.52. The number of hydrogen-bond donors (Lipinski definition) is 0. The van der Waals surface area contributed by atoms with E-state index in [1.54, 1.807) is 6.08 Å². The molecule has 0 saturated heterocycles. The first kappa shape index (κ1) is 10.7. The maximum absolute atomic E-state index is 12.1. The van der Waals surface area contributed by atoms with Gasteiger partial charge in [-0.1, -0.05) is 12.2 Å². The molecule has 0 aromatic heterocycles. The Balaban J connectivity index is 2.30. The topological polar surface area (TPSA) is 38.7 Å². The van der Waals surface area contributed by atoms with Crippen molar-refractivity contribution < 1.29 is 22.7 Å². The minimum atomic E-state index is -4.80. The zero-order valence-corrected chi connectivity index (χ0v) is 7.86. The summed E-state index contributed by atoms with van der Waals surface area (Å²) in [6, 6.07) is 0. The van der Waals surface area contributed by atoms with Gasteiger partial charge in [0.05, 0.1) is 0 Å². The van der Waals surface area contributed by atoms with E-state index in [1.807, 2.05) is 0 Å². The van der Waals surface area contributed by atoms with Gasteiger partial charge in [0, 0.05) is 6.21 Å². The second kappa shape index (κ2) is 3.62. The van der Waals surface area contributed by atoms with Crippen molar-refractivity contribution in [2.45, 2.75) is 6.36 Å². The van der Waals surface area contributed by atoms with Crippen LogP contribution in [-0.4, -0.2) is 18.5 Å². The van der Waals surface area contributed by atoms with Gasteiger partial charge in [-0.2, -0.15) is 0 Å². The predicted octanol–water partition coefficient (Wildman–Crippen LogP) is 2.13. The molecular formula is C10H6F3NO2. The Bertz CT molecular complexity index is 443. The molecule has 84 valence electrons. The highest BCUT2D eigenvalue weighted by molar-refractivity contribution is 5.98. The molecule has 6 heteroatoms. The van der Waals surface area contributed by atoms with Crippen LogP contribution in [0.1, 0.15) is 0 Å². The van der Waals surface area contributed by atoms with E-state index in [0.717, 1.165) is 6.08 Å². The molecule has 0 N–H and O–H groups in total. The quantitative estimate of drug-likeness (QED) is 0.690. The van der Waals surface area contributed by atoms with Gasteiger partial charge >= 0.3 is 6.36 Å². The van der Waals surface area contributed by atoms with Crippen LogP contribution in [0.2, 0.25) is 0 Å². The van der Waals surface area contributed by atoms with Gasteiger partial charge in [0.2, 0.25) is 0 Å². The van der Waals surface area contributed by atoms with Crippen molar-refractivity contribution in [1.29, 1.82) is 0 Å². The Morgan fingerprint density at radius 3 is 2.75 bits per heavy atom. The second-order valence-corrected chi connectivity index (χ2v) is 3.19. The highest BCUT2D eigenvalue weighted by atomic mass is 19.4. The summed E-state index contributed by atoms with van der Waals surface area (Å²) in [7, 11) is 0. The predicted molar refractivity (Wildman–Crippen MR) is 49.4 cm³/mol. The van der Waals surface area contributed by atoms with E-state index in [-0.39, 0.29) is 0 Å². The van der Waals surface area contributed by atoms with Crippen LogP contribution in [0.15, 0.2) is 40.6 Å². The Kier molecular flexibility index (Phi) is 2.41. The summed E-state index contributed by atoms with van der Waals surface area (Å²) in [4.78, 5) is 14.8. The fraction of sp³-hybridized carbons (Fsp3) is 0.200. The molecular weight excluding hydrogens is 223 g/mol. The number of aliphatic imine (C=N–C) groups is 1. The number of dihydropyridines is 1. The summed E-state index contributed by atoms with van der Waals surface area (Å²) in [6.45, 7) is 0. The van der Waals surface area contributed by atoms with Gasteiger partial charge in [-0.05, 0) is 17.7 Å². The van der Waals surface area contributed by atoms with E-state index in [4.69, 9.17) is 0 Å². The first-order valence-electron chi connectivity index (χ1n) is 4.39. The Morgan fingerprint density at radius 1 is 1.31 bits per heavy atom. The normalized spacial score (nSPS) is 23.7. The molecule has 0 aromatic carbocycles. The third-order valence-electron chi connectivity index (χ3n) is 2.12. The van der Waals surface area contributed by atoms with Crippen molar-refractivity contribution in [3.05, 3.63) is 35.6 Å². The van der Waals surface area contributed by atoms with E-state index >= 15 is 0 Å². The molecule has 0 bridgehead atoms. The van der Waals surface area contributed by atoms with Crippen molar-refractivity contribution in [3.63, 3.8) is 0 Å². The van der Waals surface area contributed by atoms with Crippen LogP contribution in [0.3, 0.4) is 0 Å². The van der Waals surface area contributed by atoms with E-state index in [2.05, 4.69) is 9.73 Å². The number of allylic oxidation sites excluding steroid dienone is 4. The minimum absolute atomic E-state index is 0.442. The van der Waals surface area contributed by atoms with E-state index in [9.17, 15) is 18.0 Å². The third-order valence-corrected chi connectivity index (χ3v) is 2.12. The smallest absolute Gasteiger partial charge is 0.409 e. The molecule has 0 fully saturated rings. The number of hydrogen-bond acceptors (Lipinski definition) is 2. The molecule has 3 nitrogen and oxygen atoms in total. The number of nitrogens with zero attached hydrogens (tertiary/aromatic N) is 1. The SMILES string of the molecule is O=C1N=CC=C2C=CC=C(OC(F)(F)F)C12. The van der Waals surface area contributed by atoms with Crippen molar-refractivity contribution in [2.75, 3.05) is 0 Å². The molecule has 0 spiro atoms. The molecule has 1 atom stereocenters.